The first kappa shape index (κ1) is 42.4. The van der Waals surface area contributed by atoms with Crippen LogP contribution >= 0.6 is 0 Å². The minimum Gasteiger partial charge on any atom is -0.466 e. The second-order valence-corrected chi connectivity index (χ2v) is 40.0. The Kier molecular flexibility index (Phi) is 17.6. The molecule has 0 aliphatic rings. The molecule has 42 heavy (non-hydrogen) atoms. The summed E-state index contributed by atoms with van der Waals surface area (Å²) in [4.78, 5) is 22.6. The SMILES string of the molecule is C=CCCCCCCCCC(=O)OC[Si](C)(C)O[Si](C)(C)O[Si](C)(C)O[Si](C)(C)O[Si](C)(C)O[Si](C)(C)O[Si](C)(C)O. The fraction of sp³-hybridized carbons (Fsp3) is 0.885. The zero-order valence-corrected chi connectivity index (χ0v) is 36.4. The largest absolute Gasteiger partial charge is 0.466 e. The highest BCUT2D eigenvalue weighted by Gasteiger charge is 2.48. The molecule has 0 fully saturated rings. The molecule has 0 saturated heterocycles. The van der Waals surface area contributed by atoms with E-state index in [-0.39, 0.29) is 5.97 Å². The van der Waals surface area contributed by atoms with Crippen molar-refractivity contribution in [2.75, 3.05) is 6.23 Å². The summed E-state index contributed by atoms with van der Waals surface area (Å²) in [5.41, 5.74) is 0. The van der Waals surface area contributed by atoms with Crippen molar-refractivity contribution >= 4 is 65.7 Å². The first-order chi connectivity index (χ1) is 18.7. The third-order valence-electron chi connectivity index (χ3n) is 5.60. The van der Waals surface area contributed by atoms with Crippen LogP contribution in [0, 0.1) is 0 Å². The molecule has 0 atom stereocenters. The van der Waals surface area contributed by atoms with E-state index < -0.39 is 59.7 Å². The van der Waals surface area contributed by atoms with E-state index >= 15 is 0 Å². The van der Waals surface area contributed by atoms with Gasteiger partial charge in [-0.3, -0.25) is 4.79 Å². The smallest absolute Gasteiger partial charge is 0.320 e. The Hall–Kier alpha value is 0.448. The van der Waals surface area contributed by atoms with Crippen LogP contribution in [0.15, 0.2) is 12.7 Å². The summed E-state index contributed by atoms with van der Waals surface area (Å²) in [6.07, 6.45) is 10.5. The third kappa shape index (κ3) is 22.9. The molecule has 1 N–H and O–H groups in total. The van der Waals surface area contributed by atoms with Gasteiger partial charge in [-0.15, -0.1) is 6.58 Å². The molecule has 9 nitrogen and oxygen atoms in total. The molecular formula is C26H64O9Si7. The summed E-state index contributed by atoms with van der Waals surface area (Å²) in [6.45, 7) is 31.4. The average Bonchev–Trinajstić information content (AvgIpc) is 2.67. The van der Waals surface area contributed by atoms with Crippen LogP contribution in [0.25, 0.3) is 0 Å². The lowest BCUT2D eigenvalue weighted by Gasteiger charge is -2.43. The highest BCUT2D eigenvalue weighted by atomic mass is 28.5. The van der Waals surface area contributed by atoms with Gasteiger partial charge in [-0.2, -0.15) is 0 Å². The number of allylic oxidation sites excluding steroid dienone is 1. The summed E-state index contributed by atoms with van der Waals surface area (Å²) in [5, 5.41) is 0. The van der Waals surface area contributed by atoms with Gasteiger partial charge in [0, 0.05) is 6.42 Å². The summed E-state index contributed by atoms with van der Waals surface area (Å²) in [6, 6.07) is 0. The van der Waals surface area contributed by atoms with Crippen LogP contribution in [-0.4, -0.2) is 76.7 Å². The molecule has 0 spiro atoms. The third-order valence-corrected chi connectivity index (χ3v) is 30.3. The maximum Gasteiger partial charge on any atom is 0.320 e. The fourth-order valence-electron chi connectivity index (χ4n) is 5.36. The van der Waals surface area contributed by atoms with Crippen molar-refractivity contribution in [3.8, 4) is 0 Å². The van der Waals surface area contributed by atoms with Crippen LogP contribution in [-0.2, 0) is 34.2 Å². The zero-order chi connectivity index (χ0) is 33.1. The van der Waals surface area contributed by atoms with Crippen LogP contribution in [0.1, 0.15) is 51.4 Å². The van der Waals surface area contributed by atoms with Crippen LogP contribution in [0.4, 0.5) is 0 Å². The molecule has 0 aromatic heterocycles. The second-order valence-electron chi connectivity index (χ2n) is 14.4. The molecule has 0 aromatic carbocycles. The molecule has 0 saturated carbocycles. The van der Waals surface area contributed by atoms with Crippen molar-refractivity contribution in [1.82, 2.24) is 0 Å². The molecule has 0 radical (unpaired) electrons. The minimum absolute atomic E-state index is 0.148. The molecule has 16 heteroatoms. The van der Waals surface area contributed by atoms with E-state index in [9.17, 15) is 9.59 Å². The predicted molar refractivity (Wildman–Crippen MR) is 189 cm³/mol. The summed E-state index contributed by atoms with van der Waals surface area (Å²) in [5.74, 6) is -0.148. The number of rotatable bonds is 23. The number of unbranched alkanes of at least 4 members (excludes halogenated alkanes) is 6. The van der Waals surface area contributed by atoms with E-state index in [4.69, 9.17) is 29.4 Å². The standard InChI is InChI=1S/C26H64O9Si7/c1-16-17-18-19-20-21-22-23-24-26(27)29-25-36(2,3)30-38(6,7)32-40(10,11)34-42(14,15)35-41(12,13)33-39(8,9)31-37(4,5)28/h16,28H,1,17-25H2,2-15H3. The molecule has 0 aliphatic carbocycles. The van der Waals surface area contributed by atoms with E-state index in [0.717, 1.165) is 25.7 Å². The molecule has 0 bridgehead atoms. The van der Waals surface area contributed by atoms with Gasteiger partial charge in [0.1, 0.15) is 6.23 Å². The quantitative estimate of drug-likeness (QED) is 0.0490. The maximum absolute atomic E-state index is 12.4. The van der Waals surface area contributed by atoms with Gasteiger partial charge in [-0.05, 0) is 111 Å². The summed E-state index contributed by atoms with van der Waals surface area (Å²) >= 11 is 0. The van der Waals surface area contributed by atoms with Crippen molar-refractivity contribution in [1.29, 1.82) is 0 Å². The van der Waals surface area contributed by atoms with E-state index in [1.807, 2.05) is 71.5 Å². The first-order valence-electron chi connectivity index (χ1n) is 15.4. The molecule has 250 valence electrons. The second kappa shape index (κ2) is 17.4. The zero-order valence-electron chi connectivity index (χ0n) is 29.4. The van der Waals surface area contributed by atoms with Gasteiger partial charge in [-0.1, -0.05) is 31.8 Å². The minimum atomic E-state index is -2.73. The normalized spacial score (nSPS) is 14.3. The number of hydrogen-bond acceptors (Lipinski definition) is 9. The van der Waals surface area contributed by atoms with Crippen LogP contribution in [0.3, 0.4) is 0 Å². The Balaban J connectivity index is 4.85. The van der Waals surface area contributed by atoms with Crippen molar-refractivity contribution < 1.29 is 39.0 Å². The first-order valence-corrected chi connectivity index (χ1v) is 35.4. The Morgan fingerprint density at radius 1 is 0.571 bits per heavy atom. The van der Waals surface area contributed by atoms with Gasteiger partial charge >= 0.3 is 57.3 Å². The lowest BCUT2D eigenvalue weighted by Crippen LogP contribution is -2.61. The summed E-state index contributed by atoms with van der Waals surface area (Å²) in [7, 11) is -18.2. The predicted octanol–water partition coefficient (Wildman–Crippen LogP) is 7.88. The number of ether oxygens (including phenoxy) is 1. The number of hydrogen-bond donors (Lipinski definition) is 1. The number of esters is 1. The molecule has 0 unspecified atom stereocenters. The Bertz CT molecular complexity index is 829. The Labute approximate surface area is 265 Å². The molecule has 0 aliphatic heterocycles. The Morgan fingerprint density at radius 3 is 1.33 bits per heavy atom. The van der Waals surface area contributed by atoms with Gasteiger partial charge in [0.05, 0.1) is 0 Å². The number of carbonyl (C=O) groups is 1. The van der Waals surface area contributed by atoms with E-state index in [0.29, 0.717) is 12.7 Å². The summed E-state index contributed by atoms with van der Waals surface area (Å²) < 4.78 is 44.4. The van der Waals surface area contributed by atoms with E-state index in [1.165, 1.54) is 19.3 Å². The molecule has 0 aromatic rings. The average molecular weight is 717 g/mol. The highest BCUT2D eigenvalue weighted by molar-refractivity contribution is 6.91. The van der Waals surface area contributed by atoms with Crippen LogP contribution in [0.2, 0.25) is 91.7 Å². The van der Waals surface area contributed by atoms with E-state index in [1.54, 1.807) is 13.1 Å². The van der Waals surface area contributed by atoms with E-state index in [2.05, 4.69) is 19.7 Å². The van der Waals surface area contributed by atoms with Gasteiger partial charge in [0.15, 0.2) is 0 Å². The number of carbonyl (C=O) groups excluding carboxylic acids is 1. The monoisotopic (exact) mass is 716 g/mol. The van der Waals surface area contributed by atoms with Crippen LogP contribution < -0.4 is 0 Å². The maximum atomic E-state index is 12.4. The highest BCUT2D eigenvalue weighted by Crippen LogP contribution is 2.28. The van der Waals surface area contributed by atoms with Crippen molar-refractivity contribution in [3.63, 3.8) is 0 Å². The van der Waals surface area contributed by atoms with Gasteiger partial charge in [0.25, 0.3) is 0 Å². The molecule has 0 heterocycles. The molecular weight excluding hydrogens is 653 g/mol. The topological polar surface area (TPSA) is 102 Å². The molecule has 0 rings (SSSR count). The van der Waals surface area contributed by atoms with Gasteiger partial charge < -0.3 is 34.2 Å². The van der Waals surface area contributed by atoms with Crippen LogP contribution in [0.5, 0.6) is 0 Å². The van der Waals surface area contributed by atoms with Gasteiger partial charge in [0.2, 0.25) is 8.32 Å². The molecule has 0 amide bonds. The Morgan fingerprint density at radius 2 is 0.929 bits per heavy atom. The van der Waals surface area contributed by atoms with Crippen molar-refractivity contribution in [2.45, 2.75) is 143 Å². The fourth-order valence-corrected chi connectivity index (χ4v) is 37.9. The lowest BCUT2D eigenvalue weighted by molar-refractivity contribution is -0.142. The van der Waals surface area contributed by atoms with Crippen molar-refractivity contribution in [3.05, 3.63) is 12.7 Å². The van der Waals surface area contributed by atoms with Crippen molar-refractivity contribution in [2.24, 2.45) is 0 Å². The van der Waals surface area contributed by atoms with Gasteiger partial charge in [-0.25, -0.2) is 0 Å². The lowest BCUT2D eigenvalue weighted by atomic mass is 10.1.